The molecule has 0 aromatic rings. The number of rotatable bonds is 5. The Hall–Kier alpha value is -0.0900. The van der Waals surface area contributed by atoms with Crippen LogP contribution < -0.4 is 5.32 Å². The van der Waals surface area contributed by atoms with Crippen molar-refractivity contribution in [3.05, 3.63) is 0 Å². The molecule has 0 aliphatic heterocycles. The average molecular weight is 263 g/mol. The molecule has 1 atom stereocenters. The molecule has 0 saturated carbocycles. The molecule has 0 aliphatic carbocycles. The molecule has 0 spiro atoms. The van der Waals surface area contributed by atoms with Crippen LogP contribution in [0.5, 0.6) is 0 Å². The van der Waals surface area contributed by atoms with E-state index in [9.17, 15) is 8.42 Å². The van der Waals surface area contributed by atoms with Crippen molar-refractivity contribution in [1.82, 2.24) is 5.32 Å². The van der Waals surface area contributed by atoms with Crippen LogP contribution in [0.3, 0.4) is 0 Å². The first-order valence-corrected chi connectivity index (χ1v) is 7.94. The Morgan fingerprint density at radius 3 is 1.82 bits per heavy atom. The van der Waals surface area contributed by atoms with E-state index in [0.717, 1.165) is 13.0 Å². The standard InChI is InChI=1S/C13H29NO2S/c1-12(2,3)11(10-14-7)8-9-17(15,16)13(4,5)6/h11,14H,8-10H2,1-7H3. The normalized spacial score (nSPS) is 15.9. The van der Waals surface area contributed by atoms with Gasteiger partial charge in [0.25, 0.3) is 0 Å². The highest BCUT2D eigenvalue weighted by atomic mass is 32.2. The van der Waals surface area contributed by atoms with Crippen LogP contribution in [-0.2, 0) is 9.84 Å². The van der Waals surface area contributed by atoms with Gasteiger partial charge in [-0.1, -0.05) is 20.8 Å². The zero-order chi connectivity index (χ0) is 13.9. The molecule has 0 amide bonds. The van der Waals surface area contributed by atoms with Crippen molar-refractivity contribution >= 4 is 9.84 Å². The summed E-state index contributed by atoms with van der Waals surface area (Å²) in [5, 5.41) is 3.15. The zero-order valence-corrected chi connectivity index (χ0v) is 13.2. The van der Waals surface area contributed by atoms with E-state index >= 15 is 0 Å². The third kappa shape index (κ3) is 5.38. The Balaban J connectivity index is 4.64. The lowest BCUT2D eigenvalue weighted by Crippen LogP contribution is -2.35. The van der Waals surface area contributed by atoms with Crippen LogP contribution in [0.1, 0.15) is 48.0 Å². The smallest absolute Gasteiger partial charge is 0.155 e. The van der Waals surface area contributed by atoms with E-state index in [1.54, 1.807) is 20.8 Å². The van der Waals surface area contributed by atoms with Gasteiger partial charge in [-0.3, -0.25) is 0 Å². The summed E-state index contributed by atoms with van der Waals surface area (Å²) in [7, 11) is -1.09. The molecule has 0 heterocycles. The molecule has 104 valence electrons. The Bertz CT molecular complexity index is 320. The van der Waals surface area contributed by atoms with Crippen LogP contribution >= 0.6 is 0 Å². The predicted octanol–water partition coefficient (Wildman–Crippen LogP) is 2.47. The minimum atomic E-state index is -3.00. The Kier molecular flexibility index (Phi) is 5.67. The van der Waals surface area contributed by atoms with Crippen LogP contribution in [0.15, 0.2) is 0 Å². The van der Waals surface area contributed by atoms with Crippen LogP contribution in [0.4, 0.5) is 0 Å². The first-order chi connectivity index (χ1) is 7.42. The molecule has 1 unspecified atom stereocenters. The van der Waals surface area contributed by atoms with Crippen LogP contribution in [0, 0.1) is 11.3 Å². The Labute approximate surface area is 107 Å². The maximum absolute atomic E-state index is 12.1. The minimum Gasteiger partial charge on any atom is -0.319 e. The monoisotopic (exact) mass is 263 g/mol. The minimum absolute atomic E-state index is 0.135. The largest absolute Gasteiger partial charge is 0.319 e. The number of sulfone groups is 1. The van der Waals surface area contributed by atoms with E-state index in [2.05, 4.69) is 26.1 Å². The number of nitrogens with one attached hydrogen (secondary N) is 1. The molecule has 4 heteroatoms. The van der Waals surface area contributed by atoms with E-state index in [1.807, 2.05) is 7.05 Å². The molecule has 0 aromatic heterocycles. The average Bonchev–Trinajstić information content (AvgIpc) is 2.08. The fourth-order valence-electron chi connectivity index (χ4n) is 1.69. The summed E-state index contributed by atoms with van der Waals surface area (Å²) in [6.07, 6.45) is 0.726. The second-order valence-electron chi connectivity index (χ2n) is 6.84. The quantitative estimate of drug-likeness (QED) is 0.829. The Morgan fingerprint density at radius 2 is 1.53 bits per heavy atom. The van der Waals surface area contributed by atoms with E-state index in [4.69, 9.17) is 0 Å². The molecule has 1 N–H and O–H groups in total. The lowest BCUT2D eigenvalue weighted by molar-refractivity contribution is 0.230. The van der Waals surface area contributed by atoms with Gasteiger partial charge in [0, 0.05) is 0 Å². The topological polar surface area (TPSA) is 46.2 Å². The highest BCUT2D eigenvalue weighted by Gasteiger charge is 2.31. The second-order valence-corrected chi connectivity index (χ2v) is 9.70. The van der Waals surface area contributed by atoms with E-state index < -0.39 is 14.6 Å². The predicted molar refractivity (Wildman–Crippen MR) is 75.0 cm³/mol. The van der Waals surface area contributed by atoms with Crippen molar-refractivity contribution in [2.24, 2.45) is 11.3 Å². The van der Waals surface area contributed by atoms with Crippen LogP contribution in [0.2, 0.25) is 0 Å². The summed E-state index contributed by atoms with van der Waals surface area (Å²) in [5.74, 6) is 0.657. The summed E-state index contributed by atoms with van der Waals surface area (Å²) in [4.78, 5) is 0. The molecule has 0 aromatic carbocycles. The SMILES string of the molecule is CNCC(CCS(=O)(=O)C(C)(C)C)C(C)(C)C. The maximum atomic E-state index is 12.1. The van der Waals surface area contributed by atoms with E-state index in [1.165, 1.54) is 0 Å². The fourth-order valence-corrected chi connectivity index (χ4v) is 2.90. The van der Waals surface area contributed by atoms with Crippen LogP contribution in [0.25, 0.3) is 0 Å². The van der Waals surface area contributed by atoms with Crippen molar-refractivity contribution < 1.29 is 8.42 Å². The first-order valence-electron chi connectivity index (χ1n) is 6.28. The molecular formula is C13H29NO2S. The molecule has 17 heavy (non-hydrogen) atoms. The first kappa shape index (κ1) is 16.9. The molecule has 3 nitrogen and oxygen atoms in total. The van der Waals surface area contributed by atoms with Gasteiger partial charge >= 0.3 is 0 Å². The van der Waals surface area contributed by atoms with Gasteiger partial charge in [0.05, 0.1) is 10.5 Å². The lowest BCUT2D eigenvalue weighted by atomic mass is 9.79. The number of hydrogen-bond acceptors (Lipinski definition) is 3. The third-order valence-corrected chi connectivity index (χ3v) is 5.98. The van der Waals surface area contributed by atoms with Gasteiger partial charge in [0.15, 0.2) is 9.84 Å². The molecule has 0 aliphatic rings. The summed E-state index contributed by atoms with van der Waals surface area (Å²) in [6, 6.07) is 0. The van der Waals surface area contributed by atoms with Crippen LogP contribution in [-0.4, -0.2) is 32.5 Å². The fraction of sp³-hybridized carbons (Fsp3) is 1.00. The second kappa shape index (κ2) is 5.70. The Morgan fingerprint density at radius 1 is 1.06 bits per heavy atom. The highest BCUT2D eigenvalue weighted by Crippen LogP contribution is 2.29. The van der Waals surface area contributed by atoms with Crippen molar-refractivity contribution in [2.75, 3.05) is 19.3 Å². The van der Waals surface area contributed by atoms with E-state index in [-0.39, 0.29) is 11.2 Å². The summed E-state index contributed by atoms with van der Waals surface area (Å²) < 4.78 is 23.5. The van der Waals surface area contributed by atoms with Gasteiger partial charge in [0.1, 0.15) is 0 Å². The van der Waals surface area contributed by atoms with Gasteiger partial charge < -0.3 is 5.32 Å². The maximum Gasteiger partial charge on any atom is 0.155 e. The van der Waals surface area contributed by atoms with Gasteiger partial charge in [-0.15, -0.1) is 0 Å². The van der Waals surface area contributed by atoms with Crippen molar-refractivity contribution in [3.8, 4) is 0 Å². The summed E-state index contributed by atoms with van der Waals surface area (Å²) >= 11 is 0. The molecule has 0 saturated heterocycles. The zero-order valence-electron chi connectivity index (χ0n) is 12.4. The molecule has 0 fully saturated rings. The van der Waals surface area contributed by atoms with Gasteiger partial charge in [-0.2, -0.15) is 0 Å². The summed E-state index contributed by atoms with van der Waals surface area (Å²) in [5.41, 5.74) is 0.135. The van der Waals surface area contributed by atoms with Crippen molar-refractivity contribution in [3.63, 3.8) is 0 Å². The lowest BCUT2D eigenvalue weighted by Gasteiger charge is -2.31. The third-order valence-electron chi connectivity index (χ3n) is 3.34. The molecular weight excluding hydrogens is 234 g/mol. The molecule has 0 radical (unpaired) electrons. The van der Waals surface area contributed by atoms with Gasteiger partial charge in [-0.05, 0) is 52.1 Å². The summed E-state index contributed by atoms with van der Waals surface area (Å²) in [6.45, 7) is 12.7. The van der Waals surface area contributed by atoms with Gasteiger partial charge in [-0.25, -0.2) is 8.42 Å². The molecule has 0 bridgehead atoms. The highest BCUT2D eigenvalue weighted by molar-refractivity contribution is 7.92. The number of hydrogen-bond donors (Lipinski definition) is 1. The molecule has 0 rings (SSSR count). The van der Waals surface area contributed by atoms with Gasteiger partial charge in [0.2, 0.25) is 0 Å². The van der Waals surface area contributed by atoms with E-state index in [0.29, 0.717) is 5.92 Å². The van der Waals surface area contributed by atoms with Crippen molar-refractivity contribution in [2.45, 2.75) is 52.7 Å². The van der Waals surface area contributed by atoms with Crippen molar-refractivity contribution in [1.29, 1.82) is 0 Å².